The van der Waals surface area contributed by atoms with Gasteiger partial charge < -0.3 is 107 Å². The first-order chi connectivity index (χ1) is 53.4. The third-order valence-corrected chi connectivity index (χ3v) is 18.3. The topological polar surface area (TPSA) is 404 Å². The van der Waals surface area contributed by atoms with Crippen molar-refractivity contribution in [1.29, 1.82) is 0 Å². The molecule has 0 bridgehead atoms. The van der Waals surface area contributed by atoms with Crippen LogP contribution in [0.3, 0.4) is 0 Å². The number of imide groups is 1. The zero-order valence-corrected chi connectivity index (χ0v) is 66.8. The highest BCUT2D eigenvalue weighted by atomic mass is 16.6. The molecule has 6 N–H and O–H groups in total. The predicted octanol–water partition coefficient (Wildman–Crippen LogP) is 3.64. The van der Waals surface area contributed by atoms with Gasteiger partial charge in [-0.15, -0.1) is 0 Å². The van der Waals surface area contributed by atoms with E-state index in [-0.39, 0.29) is 64.9 Å². The third-order valence-electron chi connectivity index (χ3n) is 18.3. The molecule has 4 rings (SSSR count). The smallest absolute Gasteiger partial charge is 0.335 e. The van der Waals surface area contributed by atoms with Gasteiger partial charge >= 0.3 is 11.9 Å². The zero-order valence-electron chi connectivity index (χ0n) is 66.8. The van der Waals surface area contributed by atoms with E-state index in [1.54, 1.807) is 59.9 Å². The Labute approximate surface area is 654 Å². The third kappa shape index (κ3) is 40.8. The molecular formula is C79H130N4O28. The Kier molecular flexibility index (Phi) is 51.0. The van der Waals surface area contributed by atoms with E-state index >= 15 is 0 Å². The lowest BCUT2D eigenvalue weighted by Gasteiger charge is -2.39. The number of hydrogen-bond acceptors (Lipinski definition) is 27. The molecule has 2 fully saturated rings. The largest absolute Gasteiger partial charge is 0.479 e. The minimum atomic E-state index is -1.88. The van der Waals surface area contributed by atoms with Crippen molar-refractivity contribution in [2.45, 2.75) is 200 Å². The fraction of sp³-hybridized carbons (Fsp3) is 0.785. The standard InChI is InChI=1S/C79H130N4O28/c1-57(2)64(75(92)81-58(3)66(85)51-59-18-19-61(56-110-78(96)79(4,5)6)60(50-59)20-21-67-71(89)72(90)73(91)74(111-67)77(94)95)53-63(84)55-82-62(52-65(76(82)93)83-69(87)22-23-70(83)88)54-80-68(86)24-45-109-49-48-108-44-17-42-106-40-15-38-104-36-13-34-102-32-11-30-100-28-9-26-98-25-8-27-99-29-10-31-101-33-12-35-103-37-14-39-105-41-16-43-107-47-46-97-7/h18-19,22-23,50,57-58,62,64-65,67,71-74,89-91H,8-17,20-21,24-49,51-56H2,1-7H3,(H,80,86)(H,81,92)(H,94,95)/t58-,62-,64-,65+,67-,71-,72+,73-,74-/m0/s1. The summed E-state index contributed by atoms with van der Waals surface area (Å²) in [6.07, 6.45) is 1.44. The number of ketones is 2. The van der Waals surface area contributed by atoms with Crippen molar-refractivity contribution < 1.29 is 135 Å². The number of aliphatic hydroxyl groups excluding tert-OH is 3. The van der Waals surface area contributed by atoms with Crippen LogP contribution in [0.25, 0.3) is 0 Å². The van der Waals surface area contributed by atoms with Crippen LogP contribution in [0.5, 0.6) is 0 Å². The second-order valence-electron chi connectivity index (χ2n) is 29.0. The van der Waals surface area contributed by atoms with Crippen molar-refractivity contribution in [1.82, 2.24) is 20.4 Å². The van der Waals surface area contributed by atoms with Crippen molar-refractivity contribution in [3.05, 3.63) is 47.0 Å². The van der Waals surface area contributed by atoms with Gasteiger partial charge in [0, 0.05) is 183 Å². The lowest BCUT2D eigenvalue weighted by atomic mass is 9.89. The fourth-order valence-corrected chi connectivity index (χ4v) is 11.9. The highest BCUT2D eigenvalue weighted by Crippen LogP contribution is 2.29. The van der Waals surface area contributed by atoms with Crippen LogP contribution in [-0.4, -0.2) is 317 Å². The maximum atomic E-state index is 14.0. The van der Waals surface area contributed by atoms with Crippen LogP contribution >= 0.6 is 0 Å². The number of amides is 5. The lowest BCUT2D eigenvalue weighted by Crippen LogP contribution is -2.59. The first-order valence-corrected chi connectivity index (χ1v) is 39.5. The molecule has 1 aromatic carbocycles. The van der Waals surface area contributed by atoms with Crippen molar-refractivity contribution >= 4 is 53.0 Å². The number of aliphatic hydroxyl groups is 3. The van der Waals surface area contributed by atoms with E-state index in [1.807, 2.05) is 0 Å². The van der Waals surface area contributed by atoms with Gasteiger partial charge in [-0.2, -0.15) is 0 Å². The van der Waals surface area contributed by atoms with Gasteiger partial charge in [-0.1, -0.05) is 32.0 Å². The van der Waals surface area contributed by atoms with Crippen LogP contribution < -0.4 is 10.6 Å². The molecule has 111 heavy (non-hydrogen) atoms. The van der Waals surface area contributed by atoms with Gasteiger partial charge in [0.05, 0.1) is 63.2 Å². The summed E-state index contributed by atoms with van der Waals surface area (Å²) >= 11 is 0. The SMILES string of the molecule is COCCOCCCOCCCOCCCOCCCOCCCOCCCOCCCOCCCOCCCOCCCOCCOCCC(=O)NC[C@@H]1C[C@@H](N2C(=O)C=CC2=O)C(=O)N1CC(=O)C[C@H](C(=O)N[C@@H](C)C(=O)Cc1ccc(COC(=O)C(C)(C)C)c(CC[C@@H]2O[C@H](C(=O)O)[C@@H](O)[C@H](O)[C@H]2O)c1)C(C)C. The number of methoxy groups -OCH3 is 1. The minimum absolute atomic E-state index is 0.0328. The van der Waals surface area contributed by atoms with Gasteiger partial charge in [0.25, 0.3) is 11.8 Å². The zero-order chi connectivity index (χ0) is 81.0. The van der Waals surface area contributed by atoms with E-state index in [0.29, 0.717) is 175 Å². The monoisotopic (exact) mass is 1580 g/mol. The molecule has 0 radical (unpaired) electrons. The van der Waals surface area contributed by atoms with E-state index in [4.69, 9.17) is 71.1 Å². The number of ether oxygens (including phenoxy) is 15. The van der Waals surface area contributed by atoms with E-state index in [2.05, 4.69) is 10.6 Å². The molecule has 0 unspecified atom stereocenters. The summed E-state index contributed by atoms with van der Waals surface area (Å²) in [7, 11) is 1.66. The lowest BCUT2D eigenvalue weighted by molar-refractivity contribution is -0.228. The molecule has 0 spiro atoms. The molecule has 634 valence electrons. The van der Waals surface area contributed by atoms with Gasteiger partial charge in [0.1, 0.15) is 31.0 Å². The van der Waals surface area contributed by atoms with Crippen LogP contribution in [0.1, 0.15) is 148 Å². The highest BCUT2D eigenvalue weighted by molar-refractivity contribution is 6.15. The van der Waals surface area contributed by atoms with Crippen LogP contribution in [0.4, 0.5) is 0 Å². The van der Waals surface area contributed by atoms with Gasteiger partial charge in [0.15, 0.2) is 17.7 Å². The van der Waals surface area contributed by atoms with Crippen LogP contribution in [-0.2, 0) is 134 Å². The molecule has 9 atom stereocenters. The Hall–Kier alpha value is -5.89. The summed E-state index contributed by atoms with van der Waals surface area (Å²) in [5, 5.41) is 46.4. The number of benzene rings is 1. The molecule has 0 aromatic heterocycles. The number of esters is 1. The molecule has 1 aromatic rings. The van der Waals surface area contributed by atoms with Gasteiger partial charge in [-0.3, -0.25) is 43.3 Å². The molecule has 32 nitrogen and oxygen atoms in total. The Morgan fingerprint density at radius 3 is 1.42 bits per heavy atom. The number of carboxylic acids is 1. The van der Waals surface area contributed by atoms with Gasteiger partial charge in [0.2, 0.25) is 17.7 Å². The molecule has 3 aliphatic rings. The number of nitrogens with one attached hydrogen (secondary N) is 2. The van der Waals surface area contributed by atoms with Crippen LogP contribution in [0.2, 0.25) is 0 Å². The normalized spacial score (nSPS) is 19.2. The van der Waals surface area contributed by atoms with E-state index < -0.39 is 125 Å². The molecular weight excluding hydrogens is 1450 g/mol. The number of hydrogen-bond donors (Lipinski definition) is 6. The summed E-state index contributed by atoms with van der Waals surface area (Å²) in [6.45, 7) is 23.8. The summed E-state index contributed by atoms with van der Waals surface area (Å²) in [6, 6.07) is 1.86. The van der Waals surface area contributed by atoms with Gasteiger partial charge in [-0.25, -0.2) is 4.79 Å². The Morgan fingerprint density at radius 1 is 0.568 bits per heavy atom. The average molecular weight is 1580 g/mol. The Balaban J connectivity index is 0.994. The quantitative estimate of drug-likeness (QED) is 0.0308. The number of carboxylic acid groups (broad SMARTS) is 1. The Bertz CT molecular complexity index is 2840. The first kappa shape index (κ1) is 97.5. The van der Waals surface area contributed by atoms with Crippen LogP contribution in [0.15, 0.2) is 30.4 Å². The van der Waals surface area contributed by atoms with E-state index in [1.165, 1.54) is 11.8 Å². The second kappa shape index (κ2) is 58.0. The van der Waals surface area contributed by atoms with Crippen molar-refractivity contribution in [3.8, 4) is 0 Å². The molecule has 2 saturated heterocycles. The molecule has 0 aliphatic carbocycles. The fourth-order valence-electron chi connectivity index (χ4n) is 11.9. The van der Waals surface area contributed by atoms with Crippen molar-refractivity contribution in [2.24, 2.45) is 17.3 Å². The summed E-state index contributed by atoms with van der Waals surface area (Å²) in [5.41, 5.74) is 0.752. The predicted molar refractivity (Wildman–Crippen MR) is 403 cm³/mol. The molecule has 5 amide bonds. The maximum Gasteiger partial charge on any atom is 0.335 e. The maximum absolute atomic E-state index is 14.0. The van der Waals surface area contributed by atoms with E-state index in [0.717, 1.165) is 74.8 Å². The number of aliphatic carboxylic acids is 1. The number of rotatable bonds is 68. The minimum Gasteiger partial charge on any atom is -0.479 e. The molecule has 3 heterocycles. The summed E-state index contributed by atoms with van der Waals surface area (Å²) < 4.78 is 83.7. The van der Waals surface area contributed by atoms with E-state index in [9.17, 15) is 63.6 Å². The highest BCUT2D eigenvalue weighted by Gasteiger charge is 2.49. The number of likely N-dealkylation sites (tertiary alicyclic amines) is 1. The molecule has 32 heteroatoms. The average Bonchev–Trinajstić information content (AvgIpc) is 1.62. The van der Waals surface area contributed by atoms with Crippen molar-refractivity contribution in [3.63, 3.8) is 0 Å². The van der Waals surface area contributed by atoms with Crippen molar-refractivity contribution in [2.75, 3.05) is 185 Å². The molecule has 3 aliphatic heterocycles. The molecule has 0 saturated carbocycles. The number of aryl methyl sites for hydroxylation is 1. The number of carbonyl (C=O) groups excluding carboxylic acids is 8. The summed E-state index contributed by atoms with van der Waals surface area (Å²) in [5.74, 6) is -7.42. The number of carbonyl (C=O) groups is 9. The second-order valence-corrected chi connectivity index (χ2v) is 29.0. The van der Waals surface area contributed by atoms with Crippen LogP contribution in [0, 0.1) is 17.3 Å². The summed E-state index contributed by atoms with van der Waals surface area (Å²) in [4.78, 5) is 121. The number of Topliss-reactive ketones (excluding diaryl/α,β-unsaturated/α-hetero) is 2. The van der Waals surface area contributed by atoms with Gasteiger partial charge in [-0.05, 0) is 134 Å². The first-order valence-electron chi connectivity index (χ1n) is 39.5. The number of nitrogens with zero attached hydrogens (tertiary/aromatic N) is 2. The Morgan fingerprint density at radius 2 is 1.00 bits per heavy atom.